The zero-order valence-corrected chi connectivity index (χ0v) is 12.4. The monoisotopic (exact) mass is 308 g/mol. The molecular formula is C5H14N4Y2-2. The second kappa shape index (κ2) is 66.0. The van der Waals surface area contributed by atoms with Gasteiger partial charge in [0.2, 0.25) is 0 Å². The molecule has 0 spiro atoms. The first-order chi connectivity index (χ1) is 4.24. The van der Waals surface area contributed by atoms with E-state index in [9.17, 15) is 0 Å². The van der Waals surface area contributed by atoms with E-state index < -0.39 is 0 Å². The third-order valence-electron chi connectivity index (χ3n) is 0. The quantitative estimate of drug-likeness (QED) is 0.390. The maximum Gasteiger partial charge on any atom is 0 e. The van der Waals surface area contributed by atoms with Crippen molar-refractivity contribution in [1.82, 2.24) is 0 Å². The zero-order chi connectivity index (χ0) is 8.12. The maximum absolute atomic E-state index is 5.88. The van der Waals surface area contributed by atoms with Crippen LogP contribution in [0.5, 0.6) is 0 Å². The van der Waals surface area contributed by atoms with Crippen LogP contribution >= 0.6 is 0 Å². The minimum Gasteiger partial charge on any atom is -0.696 e. The van der Waals surface area contributed by atoms with Gasteiger partial charge in [0.05, 0.1) is 0 Å². The van der Waals surface area contributed by atoms with E-state index in [-0.39, 0.29) is 72.1 Å². The summed E-state index contributed by atoms with van der Waals surface area (Å²) in [6, 6.07) is 0. The van der Waals surface area contributed by atoms with Crippen molar-refractivity contribution in [3.8, 4) is 0 Å². The molecule has 0 aromatic rings. The van der Waals surface area contributed by atoms with Gasteiger partial charge in [-0.2, -0.15) is 0 Å². The summed E-state index contributed by atoms with van der Waals surface area (Å²) in [6.45, 7) is 6.00. The summed E-state index contributed by atoms with van der Waals surface area (Å²) >= 11 is 0. The Morgan fingerprint density at radius 1 is 1.00 bits per heavy atom. The van der Waals surface area contributed by atoms with Crippen molar-refractivity contribution >= 4 is 13.4 Å². The van der Waals surface area contributed by atoms with Crippen LogP contribution in [-0.4, -0.2) is 20.1 Å². The van der Waals surface area contributed by atoms with Gasteiger partial charge in [-0.3, -0.25) is 6.67 Å². The molecule has 0 aliphatic rings. The van der Waals surface area contributed by atoms with E-state index in [0.29, 0.717) is 0 Å². The second-order valence-electron chi connectivity index (χ2n) is 0.677. The van der Waals surface area contributed by atoms with Crippen molar-refractivity contribution in [2.75, 3.05) is 6.67 Å². The Labute approximate surface area is 119 Å². The fraction of sp³-hybridized carbons (Fsp3) is 0.200. The minimum atomic E-state index is -0.250. The Hall–Kier alpha value is 1.21. The van der Waals surface area contributed by atoms with Crippen molar-refractivity contribution < 1.29 is 75.4 Å². The van der Waals surface area contributed by atoms with Crippen LogP contribution in [0.1, 0.15) is 0 Å². The Morgan fingerprint density at radius 2 is 1.00 bits per heavy atom. The van der Waals surface area contributed by atoms with Gasteiger partial charge in [0.15, 0.2) is 0 Å². The molecule has 0 heterocycles. The first-order valence-corrected chi connectivity index (χ1v) is 2.12. The molecule has 62 valence electrons. The average molecular weight is 308 g/mol. The largest absolute Gasteiger partial charge is 0.696 e. The summed E-state index contributed by atoms with van der Waals surface area (Å²) in [5.74, 6) is 0. The zero-order valence-electron chi connectivity index (χ0n) is 6.69. The van der Waals surface area contributed by atoms with Crippen LogP contribution in [0.4, 0.5) is 0 Å². The molecule has 4 nitrogen and oxygen atoms in total. The summed E-state index contributed by atoms with van der Waals surface area (Å²) in [6.07, 6.45) is 0. The molecule has 0 fully saturated rings. The van der Waals surface area contributed by atoms with Crippen LogP contribution < -0.4 is 9.98 Å². The van der Waals surface area contributed by atoms with Gasteiger partial charge in [-0.05, 0) is 27.5 Å². The van der Waals surface area contributed by atoms with E-state index >= 15 is 0 Å². The standard InChI is InChI=1S/2C2H5N.CH4N2.2Y/c2*1-3-2;2-1-3;;/h2*3H,1-2H2;2-3H,1H2;;/q;;-2;;. The van der Waals surface area contributed by atoms with Crippen LogP contribution in [0.2, 0.25) is 0 Å². The van der Waals surface area contributed by atoms with Crippen molar-refractivity contribution in [1.29, 1.82) is 0 Å². The molecule has 0 atom stereocenters. The van der Waals surface area contributed by atoms with Crippen molar-refractivity contribution in [3.05, 3.63) is 25.6 Å². The molecule has 0 aromatic carbocycles. The summed E-state index contributed by atoms with van der Waals surface area (Å²) in [5.41, 5.74) is 11.8. The fourth-order valence-corrected chi connectivity index (χ4v) is 0. The summed E-state index contributed by atoms with van der Waals surface area (Å²) in [4.78, 5) is 4.50. The topological polar surface area (TPSA) is 75.5 Å². The van der Waals surface area contributed by atoms with Crippen LogP contribution in [0, 0.1) is 14.1 Å². The van der Waals surface area contributed by atoms with E-state index in [1.54, 1.807) is 0 Å². The van der Waals surface area contributed by atoms with Gasteiger partial charge in [-0.1, -0.05) is 0 Å². The number of nitrogens with one attached hydrogen (secondary N) is 4. The van der Waals surface area contributed by atoms with Crippen molar-refractivity contribution in [2.45, 2.75) is 0 Å². The van der Waals surface area contributed by atoms with Gasteiger partial charge in [0, 0.05) is 65.4 Å². The van der Waals surface area contributed by atoms with Gasteiger partial charge >= 0.3 is 0 Å². The summed E-state index contributed by atoms with van der Waals surface area (Å²) in [7, 11) is 6.25. The Bertz CT molecular complexity index is 45.7. The Balaban J connectivity index is -0.0000000150. The van der Waals surface area contributed by atoms with Crippen LogP contribution in [0.15, 0.2) is 0 Å². The van der Waals surface area contributed by atoms with E-state index in [1.807, 2.05) is 0 Å². The molecule has 0 unspecified atom stereocenters. The van der Waals surface area contributed by atoms with E-state index in [0.717, 1.165) is 0 Å². The van der Waals surface area contributed by atoms with E-state index in [1.165, 1.54) is 0 Å². The third kappa shape index (κ3) is 651. The smallest absolute Gasteiger partial charge is 0 e. The molecule has 0 aliphatic heterocycles. The molecule has 4 N–H and O–H groups in total. The molecule has 2 radical (unpaired) electrons. The Kier molecular flexibility index (Phi) is 177. The number of rotatable bonds is 0. The van der Waals surface area contributed by atoms with Crippen molar-refractivity contribution in [3.63, 3.8) is 0 Å². The molecule has 0 aromatic heterocycles. The fourth-order valence-electron chi connectivity index (χ4n) is 0. The van der Waals surface area contributed by atoms with Crippen LogP contribution in [0.3, 0.4) is 0 Å². The molecule has 11 heavy (non-hydrogen) atoms. The van der Waals surface area contributed by atoms with Gasteiger partial charge in [-0.15, -0.1) is 0 Å². The summed E-state index contributed by atoms with van der Waals surface area (Å²) in [5, 5.41) is 0. The first-order valence-electron chi connectivity index (χ1n) is 2.12. The SMILES string of the molecule is C=[NH+][CH2-].C=[NH+][CH2-].[NH-]C[NH-].[Y].[Y]. The van der Waals surface area contributed by atoms with E-state index in [2.05, 4.69) is 37.5 Å². The Morgan fingerprint density at radius 3 is 1.00 bits per heavy atom. The number of hydrogen-bond donors (Lipinski definition) is 2. The van der Waals surface area contributed by atoms with Crippen LogP contribution in [0.25, 0.3) is 11.5 Å². The second-order valence-corrected chi connectivity index (χ2v) is 0.677. The first kappa shape index (κ1) is 29.5. The predicted octanol–water partition coefficient (Wildman–Crippen LogP) is -1.84. The predicted molar refractivity (Wildman–Crippen MR) is 40.4 cm³/mol. The minimum absolute atomic E-state index is 0. The molecular weight excluding hydrogens is 294 g/mol. The number of hydrogen-bond acceptors (Lipinski definition) is 0. The van der Waals surface area contributed by atoms with Gasteiger partial charge < -0.3 is 21.5 Å². The van der Waals surface area contributed by atoms with Gasteiger partial charge in [-0.25, -0.2) is 0 Å². The van der Waals surface area contributed by atoms with Gasteiger partial charge in [0.1, 0.15) is 0 Å². The molecule has 0 aliphatic carbocycles. The van der Waals surface area contributed by atoms with Crippen LogP contribution in [-0.2, 0) is 65.4 Å². The van der Waals surface area contributed by atoms with Crippen molar-refractivity contribution in [2.24, 2.45) is 0 Å². The molecule has 0 saturated heterocycles. The molecule has 6 heteroatoms. The molecule has 0 amide bonds. The summed E-state index contributed by atoms with van der Waals surface area (Å²) < 4.78 is 0. The molecule has 0 bridgehead atoms. The normalized spacial score (nSPS) is 3.82. The molecule has 0 rings (SSSR count). The average Bonchev–Trinajstić information content (AvgIpc) is 1.70. The maximum atomic E-state index is 5.88. The van der Waals surface area contributed by atoms with E-state index in [4.69, 9.17) is 11.5 Å². The third-order valence-corrected chi connectivity index (χ3v) is 0. The molecule has 0 saturated carbocycles. The van der Waals surface area contributed by atoms with Gasteiger partial charge in [0.25, 0.3) is 0 Å².